The summed E-state index contributed by atoms with van der Waals surface area (Å²) in [5.41, 5.74) is 2.69. The van der Waals surface area contributed by atoms with Crippen molar-refractivity contribution >= 4 is 11.3 Å². The van der Waals surface area contributed by atoms with Gasteiger partial charge in [0.15, 0.2) is 0 Å². The molecule has 1 aromatic carbocycles. The second-order valence-electron chi connectivity index (χ2n) is 5.82. The Hall–Kier alpha value is -1.19. The maximum atomic E-state index is 12.9. The molecule has 0 amide bonds. The van der Waals surface area contributed by atoms with Gasteiger partial charge in [-0.2, -0.15) is 11.3 Å². The van der Waals surface area contributed by atoms with Gasteiger partial charge < -0.3 is 5.32 Å². The van der Waals surface area contributed by atoms with E-state index in [4.69, 9.17) is 0 Å². The Balaban J connectivity index is 1.45. The molecule has 0 radical (unpaired) electrons. The molecule has 1 aliphatic rings. The van der Waals surface area contributed by atoms with E-state index in [1.54, 1.807) is 23.5 Å². The largest absolute Gasteiger partial charge is 0.311 e. The van der Waals surface area contributed by atoms with Crippen LogP contribution in [0.4, 0.5) is 4.39 Å². The molecule has 1 aromatic heterocycles. The standard InChI is InChI=1S/C17H20FNS/c1-12(8-13-6-7-20-11-13)19-17-9-15(10-17)14-2-4-16(18)5-3-14/h2-7,11-12,15,17,19H,8-10H2,1H3. The molecule has 1 N–H and O–H groups in total. The van der Waals surface area contributed by atoms with Crippen LogP contribution < -0.4 is 5.32 Å². The van der Waals surface area contributed by atoms with Gasteiger partial charge in [-0.25, -0.2) is 4.39 Å². The average Bonchev–Trinajstić information content (AvgIpc) is 2.87. The lowest BCUT2D eigenvalue weighted by Crippen LogP contribution is -2.45. The van der Waals surface area contributed by atoms with Crippen LogP contribution in [0, 0.1) is 5.82 Å². The van der Waals surface area contributed by atoms with Crippen molar-refractivity contribution in [2.24, 2.45) is 0 Å². The van der Waals surface area contributed by atoms with Crippen LogP contribution in [0.5, 0.6) is 0 Å². The van der Waals surface area contributed by atoms with Crippen molar-refractivity contribution in [1.29, 1.82) is 0 Å². The highest BCUT2D eigenvalue weighted by Crippen LogP contribution is 2.37. The van der Waals surface area contributed by atoms with Crippen LogP contribution in [0.3, 0.4) is 0 Å². The van der Waals surface area contributed by atoms with Crippen LogP contribution in [0.2, 0.25) is 0 Å². The normalized spacial score (nSPS) is 23.3. The van der Waals surface area contributed by atoms with Crippen molar-refractivity contribution in [3.05, 3.63) is 58.0 Å². The molecule has 3 heteroatoms. The molecule has 1 heterocycles. The van der Waals surface area contributed by atoms with E-state index in [0.717, 1.165) is 6.42 Å². The molecule has 1 aliphatic carbocycles. The fraction of sp³-hybridized carbons (Fsp3) is 0.412. The molecule has 3 rings (SSSR count). The predicted octanol–water partition coefficient (Wildman–Crippen LogP) is 4.35. The highest BCUT2D eigenvalue weighted by molar-refractivity contribution is 7.07. The van der Waals surface area contributed by atoms with Gasteiger partial charge in [0.1, 0.15) is 5.82 Å². The van der Waals surface area contributed by atoms with E-state index >= 15 is 0 Å². The molecule has 0 spiro atoms. The molecule has 0 aliphatic heterocycles. The second kappa shape index (κ2) is 6.06. The second-order valence-corrected chi connectivity index (χ2v) is 6.60. The fourth-order valence-corrected chi connectivity index (χ4v) is 3.67. The Morgan fingerprint density at radius 1 is 1.25 bits per heavy atom. The number of hydrogen-bond donors (Lipinski definition) is 1. The first kappa shape index (κ1) is 13.8. The molecule has 20 heavy (non-hydrogen) atoms. The number of benzene rings is 1. The first-order valence-corrected chi connectivity index (χ1v) is 8.17. The zero-order valence-corrected chi connectivity index (χ0v) is 12.5. The first-order chi connectivity index (χ1) is 9.70. The van der Waals surface area contributed by atoms with E-state index < -0.39 is 0 Å². The van der Waals surface area contributed by atoms with Gasteiger partial charge in [-0.3, -0.25) is 0 Å². The zero-order chi connectivity index (χ0) is 13.9. The van der Waals surface area contributed by atoms with Crippen LogP contribution >= 0.6 is 11.3 Å². The van der Waals surface area contributed by atoms with Crippen LogP contribution in [0.1, 0.15) is 36.8 Å². The maximum Gasteiger partial charge on any atom is 0.123 e. The zero-order valence-electron chi connectivity index (χ0n) is 11.7. The molecule has 2 aromatic rings. The summed E-state index contributed by atoms with van der Waals surface area (Å²) in [6.45, 7) is 2.25. The van der Waals surface area contributed by atoms with Crippen molar-refractivity contribution in [2.45, 2.75) is 44.2 Å². The van der Waals surface area contributed by atoms with Crippen molar-refractivity contribution in [3.8, 4) is 0 Å². The van der Waals surface area contributed by atoms with E-state index in [1.807, 2.05) is 12.1 Å². The molecular weight excluding hydrogens is 269 g/mol. The Kier molecular flexibility index (Phi) is 4.18. The van der Waals surface area contributed by atoms with Gasteiger partial charge >= 0.3 is 0 Å². The number of halogens is 1. The Morgan fingerprint density at radius 3 is 2.65 bits per heavy atom. The average molecular weight is 289 g/mol. The molecule has 106 valence electrons. The summed E-state index contributed by atoms with van der Waals surface area (Å²) in [6, 6.07) is 10.3. The van der Waals surface area contributed by atoms with Gasteiger partial charge in [0.2, 0.25) is 0 Å². The topological polar surface area (TPSA) is 12.0 Å². The summed E-state index contributed by atoms with van der Waals surface area (Å²) in [5, 5.41) is 8.05. The predicted molar refractivity (Wildman–Crippen MR) is 82.8 cm³/mol. The molecule has 0 bridgehead atoms. The van der Waals surface area contributed by atoms with Crippen LogP contribution in [0.25, 0.3) is 0 Å². The minimum absolute atomic E-state index is 0.146. The minimum atomic E-state index is -0.146. The third-order valence-electron chi connectivity index (χ3n) is 4.12. The van der Waals surface area contributed by atoms with Gasteiger partial charge in [0, 0.05) is 12.1 Å². The van der Waals surface area contributed by atoms with Crippen LogP contribution in [-0.2, 0) is 6.42 Å². The third-order valence-corrected chi connectivity index (χ3v) is 4.85. The van der Waals surface area contributed by atoms with E-state index in [1.165, 1.54) is 24.0 Å². The lowest BCUT2D eigenvalue weighted by molar-refractivity contribution is 0.269. The van der Waals surface area contributed by atoms with Gasteiger partial charge in [-0.05, 0) is 72.2 Å². The summed E-state index contributed by atoms with van der Waals surface area (Å²) in [7, 11) is 0. The SMILES string of the molecule is CC(Cc1ccsc1)NC1CC(c2ccc(F)cc2)C1. The van der Waals surface area contributed by atoms with Crippen LogP contribution in [0.15, 0.2) is 41.1 Å². The smallest absolute Gasteiger partial charge is 0.123 e. The van der Waals surface area contributed by atoms with Crippen molar-refractivity contribution < 1.29 is 4.39 Å². The number of nitrogens with one attached hydrogen (secondary N) is 1. The Labute approximate surface area is 123 Å². The molecule has 1 saturated carbocycles. The molecule has 1 unspecified atom stereocenters. The summed E-state index contributed by atoms with van der Waals surface area (Å²) in [4.78, 5) is 0. The molecule has 1 atom stereocenters. The van der Waals surface area contributed by atoms with E-state index in [2.05, 4.69) is 29.1 Å². The molecule has 1 fully saturated rings. The Morgan fingerprint density at radius 2 is 2.00 bits per heavy atom. The summed E-state index contributed by atoms with van der Waals surface area (Å²) in [5.74, 6) is 0.452. The summed E-state index contributed by atoms with van der Waals surface area (Å²) < 4.78 is 12.9. The van der Waals surface area contributed by atoms with Gasteiger partial charge in [0.25, 0.3) is 0 Å². The van der Waals surface area contributed by atoms with E-state index in [-0.39, 0.29) is 5.82 Å². The van der Waals surface area contributed by atoms with Crippen molar-refractivity contribution in [3.63, 3.8) is 0 Å². The summed E-state index contributed by atoms with van der Waals surface area (Å²) >= 11 is 1.76. The number of rotatable bonds is 5. The third kappa shape index (κ3) is 3.28. The molecule has 1 nitrogen and oxygen atoms in total. The number of thiophene rings is 1. The highest BCUT2D eigenvalue weighted by Gasteiger charge is 2.30. The van der Waals surface area contributed by atoms with Gasteiger partial charge in [0.05, 0.1) is 0 Å². The number of hydrogen-bond acceptors (Lipinski definition) is 2. The maximum absolute atomic E-state index is 12.9. The van der Waals surface area contributed by atoms with E-state index in [9.17, 15) is 4.39 Å². The minimum Gasteiger partial charge on any atom is -0.311 e. The lowest BCUT2D eigenvalue weighted by Gasteiger charge is -2.38. The molecule has 0 saturated heterocycles. The molecular formula is C17H20FNS. The van der Waals surface area contributed by atoms with Crippen LogP contribution in [-0.4, -0.2) is 12.1 Å². The first-order valence-electron chi connectivity index (χ1n) is 7.23. The van der Waals surface area contributed by atoms with Gasteiger partial charge in [-0.15, -0.1) is 0 Å². The van der Waals surface area contributed by atoms with Crippen molar-refractivity contribution in [1.82, 2.24) is 5.32 Å². The fourth-order valence-electron chi connectivity index (χ4n) is 2.98. The lowest BCUT2D eigenvalue weighted by atomic mass is 9.75. The highest BCUT2D eigenvalue weighted by atomic mass is 32.1. The van der Waals surface area contributed by atoms with E-state index in [0.29, 0.717) is 18.0 Å². The Bertz CT molecular complexity index is 529. The quantitative estimate of drug-likeness (QED) is 0.862. The monoisotopic (exact) mass is 289 g/mol. The summed E-state index contributed by atoms with van der Waals surface area (Å²) in [6.07, 6.45) is 3.43. The van der Waals surface area contributed by atoms with Gasteiger partial charge in [-0.1, -0.05) is 12.1 Å². The van der Waals surface area contributed by atoms with Crippen molar-refractivity contribution in [2.75, 3.05) is 0 Å².